The van der Waals surface area contributed by atoms with Crippen LogP contribution < -0.4 is 10.5 Å². The van der Waals surface area contributed by atoms with Gasteiger partial charge in [0.1, 0.15) is 0 Å². The predicted octanol–water partition coefficient (Wildman–Crippen LogP) is 0.216. The van der Waals surface area contributed by atoms with Crippen LogP contribution in [0.5, 0.6) is 0 Å². The molecule has 1 saturated carbocycles. The molecule has 1 aliphatic rings. The lowest BCUT2D eigenvalue weighted by Crippen LogP contribution is -2.35. The molecule has 0 bridgehead atoms. The van der Waals surface area contributed by atoms with Crippen molar-refractivity contribution < 1.29 is 8.42 Å². The van der Waals surface area contributed by atoms with Gasteiger partial charge in [-0.25, -0.2) is 18.1 Å². The number of sulfonamides is 1. The molecule has 1 aromatic rings. The summed E-state index contributed by atoms with van der Waals surface area (Å²) in [6.07, 6.45) is 7.03. The molecule has 3 N–H and O–H groups in total. The van der Waals surface area contributed by atoms with E-state index in [2.05, 4.69) is 9.71 Å². The zero-order valence-corrected chi connectivity index (χ0v) is 11.4. The Balaban J connectivity index is 1.93. The third kappa shape index (κ3) is 3.30. The lowest BCUT2D eigenvalue weighted by Gasteiger charge is -2.26. The molecule has 1 aromatic heterocycles. The van der Waals surface area contributed by atoms with Gasteiger partial charge in [0.15, 0.2) is 5.03 Å². The molecular formula is C11H20N4O2S. The fourth-order valence-corrected chi connectivity index (χ4v) is 3.44. The van der Waals surface area contributed by atoms with Gasteiger partial charge in [0, 0.05) is 25.8 Å². The topological polar surface area (TPSA) is 90.0 Å². The van der Waals surface area contributed by atoms with E-state index in [0.717, 1.165) is 25.7 Å². The van der Waals surface area contributed by atoms with E-state index in [0.29, 0.717) is 12.5 Å². The average Bonchev–Trinajstić information content (AvgIpc) is 2.74. The molecule has 0 aromatic carbocycles. The minimum atomic E-state index is -3.48. The minimum Gasteiger partial charge on any atom is -0.339 e. The fourth-order valence-electron chi connectivity index (χ4n) is 2.35. The smallest absolute Gasteiger partial charge is 0.259 e. The molecule has 18 heavy (non-hydrogen) atoms. The van der Waals surface area contributed by atoms with E-state index in [-0.39, 0.29) is 11.1 Å². The first-order valence-electron chi connectivity index (χ1n) is 6.20. The standard InChI is InChI=1S/C11H20N4O2S/c1-15-7-11(13-8-15)18(16,17)14-6-9-3-2-4-10(12)5-9/h7-10,14H,2-6,12H2,1H3. The molecule has 1 fully saturated rings. The number of nitrogens with zero attached hydrogens (tertiary/aromatic N) is 2. The third-order valence-corrected chi connectivity index (χ3v) is 4.65. The SMILES string of the molecule is Cn1cnc(S(=O)(=O)NCC2CCCC(N)C2)c1. The van der Waals surface area contributed by atoms with E-state index < -0.39 is 10.0 Å². The van der Waals surface area contributed by atoms with E-state index in [1.165, 1.54) is 12.5 Å². The summed E-state index contributed by atoms with van der Waals surface area (Å²) in [5.41, 5.74) is 5.89. The Bertz CT molecular complexity index is 497. The first-order chi connectivity index (χ1) is 8.47. The molecule has 2 atom stereocenters. The Kier molecular flexibility index (Phi) is 4.04. The molecule has 0 saturated heterocycles. The maximum atomic E-state index is 12.0. The molecule has 0 spiro atoms. The normalized spacial score (nSPS) is 25.2. The quantitative estimate of drug-likeness (QED) is 0.820. The second-order valence-electron chi connectivity index (χ2n) is 5.02. The van der Waals surface area contributed by atoms with Crippen LogP contribution >= 0.6 is 0 Å². The maximum absolute atomic E-state index is 12.0. The molecule has 2 unspecified atom stereocenters. The van der Waals surface area contributed by atoms with Crippen LogP contribution in [0.4, 0.5) is 0 Å². The first kappa shape index (κ1) is 13.5. The highest BCUT2D eigenvalue weighted by molar-refractivity contribution is 7.89. The van der Waals surface area contributed by atoms with Crippen LogP contribution in [-0.4, -0.2) is 30.6 Å². The number of nitrogens with one attached hydrogen (secondary N) is 1. The lowest BCUT2D eigenvalue weighted by atomic mass is 9.86. The highest BCUT2D eigenvalue weighted by atomic mass is 32.2. The monoisotopic (exact) mass is 272 g/mol. The molecule has 2 rings (SSSR count). The van der Waals surface area contributed by atoms with Crippen LogP contribution in [0.3, 0.4) is 0 Å². The second-order valence-corrected chi connectivity index (χ2v) is 6.74. The number of aryl methyl sites for hydroxylation is 1. The highest BCUT2D eigenvalue weighted by Gasteiger charge is 2.22. The number of hydrogen-bond donors (Lipinski definition) is 2. The van der Waals surface area contributed by atoms with Crippen molar-refractivity contribution in [3.63, 3.8) is 0 Å². The summed E-state index contributed by atoms with van der Waals surface area (Å²) in [6.45, 7) is 0.451. The van der Waals surface area contributed by atoms with Gasteiger partial charge >= 0.3 is 0 Å². The number of hydrogen-bond acceptors (Lipinski definition) is 4. The summed E-state index contributed by atoms with van der Waals surface area (Å²) in [5.74, 6) is 0.340. The Morgan fingerprint density at radius 3 is 2.94 bits per heavy atom. The molecule has 1 heterocycles. The van der Waals surface area contributed by atoms with Gasteiger partial charge in [-0.1, -0.05) is 6.42 Å². The van der Waals surface area contributed by atoms with Crippen molar-refractivity contribution in [3.05, 3.63) is 12.5 Å². The second kappa shape index (κ2) is 5.38. The summed E-state index contributed by atoms with van der Waals surface area (Å²) in [5, 5.41) is 0.0742. The van der Waals surface area contributed by atoms with Crippen molar-refractivity contribution in [2.75, 3.05) is 6.54 Å². The lowest BCUT2D eigenvalue weighted by molar-refractivity contribution is 0.322. The molecule has 7 heteroatoms. The molecular weight excluding hydrogens is 252 g/mol. The largest absolute Gasteiger partial charge is 0.339 e. The van der Waals surface area contributed by atoms with Crippen LogP contribution in [0.25, 0.3) is 0 Å². The van der Waals surface area contributed by atoms with Crippen LogP contribution in [0.15, 0.2) is 17.6 Å². The van der Waals surface area contributed by atoms with Crippen LogP contribution in [-0.2, 0) is 17.1 Å². The Morgan fingerprint density at radius 2 is 2.33 bits per heavy atom. The predicted molar refractivity (Wildman–Crippen MR) is 68.3 cm³/mol. The Morgan fingerprint density at radius 1 is 1.56 bits per heavy atom. The van der Waals surface area contributed by atoms with Gasteiger partial charge in [-0.05, 0) is 25.2 Å². The van der Waals surface area contributed by atoms with Gasteiger partial charge in [-0.2, -0.15) is 0 Å². The van der Waals surface area contributed by atoms with Gasteiger partial charge in [-0.15, -0.1) is 0 Å². The van der Waals surface area contributed by atoms with Gasteiger partial charge in [0.25, 0.3) is 10.0 Å². The van der Waals surface area contributed by atoms with Crippen molar-refractivity contribution in [1.82, 2.24) is 14.3 Å². The average molecular weight is 272 g/mol. The van der Waals surface area contributed by atoms with Gasteiger partial charge in [0.2, 0.25) is 0 Å². The van der Waals surface area contributed by atoms with Gasteiger partial charge in [-0.3, -0.25) is 0 Å². The Labute approximate surface area is 108 Å². The van der Waals surface area contributed by atoms with Crippen molar-refractivity contribution in [2.24, 2.45) is 18.7 Å². The van der Waals surface area contributed by atoms with Crippen molar-refractivity contribution >= 4 is 10.0 Å². The van der Waals surface area contributed by atoms with Crippen molar-refractivity contribution in [3.8, 4) is 0 Å². The number of imidazole rings is 1. The molecule has 102 valence electrons. The molecule has 1 aliphatic carbocycles. The van der Waals surface area contributed by atoms with E-state index in [1.807, 2.05) is 0 Å². The van der Waals surface area contributed by atoms with Crippen molar-refractivity contribution in [1.29, 1.82) is 0 Å². The van der Waals surface area contributed by atoms with Gasteiger partial charge in [0.05, 0.1) is 6.33 Å². The minimum absolute atomic E-state index is 0.0742. The molecule has 0 radical (unpaired) electrons. The van der Waals surface area contributed by atoms with Crippen molar-refractivity contribution in [2.45, 2.75) is 36.8 Å². The van der Waals surface area contributed by atoms with Crippen LogP contribution in [0, 0.1) is 5.92 Å². The number of aromatic nitrogens is 2. The zero-order valence-electron chi connectivity index (χ0n) is 10.5. The zero-order chi connectivity index (χ0) is 13.2. The van der Waals surface area contributed by atoms with Gasteiger partial charge < -0.3 is 10.3 Å². The summed E-state index contributed by atoms with van der Waals surface area (Å²) in [6, 6.07) is 0.211. The van der Waals surface area contributed by atoms with E-state index in [1.54, 1.807) is 11.6 Å². The molecule has 6 nitrogen and oxygen atoms in total. The maximum Gasteiger partial charge on any atom is 0.259 e. The summed E-state index contributed by atoms with van der Waals surface area (Å²) in [7, 11) is -1.74. The Hall–Kier alpha value is -0.920. The van der Waals surface area contributed by atoms with Crippen LogP contribution in [0.1, 0.15) is 25.7 Å². The number of nitrogens with two attached hydrogens (primary N) is 1. The summed E-state index contributed by atoms with van der Waals surface area (Å²) in [4.78, 5) is 3.85. The van der Waals surface area contributed by atoms with E-state index >= 15 is 0 Å². The third-order valence-electron chi connectivity index (χ3n) is 3.34. The highest BCUT2D eigenvalue weighted by Crippen LogP contribution is 2.22. The fraction of sp³-hybridized carbons (Fsp3) is 0.727. The first-order valence-corrected chi connectivity index (χ1v) is 7.69. The summed E-state index contributed by atoms with van der Waals surface area (Å²) >= 11 is 0. The molecule has 0 amide bonds. The summed E-state index contributed by atoms with van der Waals surface area (Å²) < 4.78 is 28.1. The van der Waals surface area contributed by atoms with E-state index in [9.17, 15) is 8.42 Å². The number of rotatable bonds is 4. The van der Waals surface area contributed by atoms with Crippen LogP contribution in [0.2, 0.25) is 0 Å². The van der Waals surface area contributed by atoms with E-state index in [4.69, 9.17) is 5.73 Å². The molecule has 0 aliphatic heterocycles.